The summed E-state index contributed by atoms with van der Waals surface area (Å²) in [7, 11) is 0. The highest BCUT2D eigenvalue weighted by atomic mass is 19.4. The van der Waals surface area contributed by atoms with E-state index in [1.807, 2.05) is 48.6 Å². The quantitative estimate of drug-likeness (QED) is 0.693. The van der Waals surface area contributed by atoms with E-state index in [0.717, 1.165) is 5.56 Å². The Morgan fingerprint density at radius 1 is 1.05 bits per heavy atom. The van der Waals surface area contributed by atoms with Crippen molar-refractivity contribution in [3.8, 4) is 0 Å². The molecular formula is C16H15F3. The molecule has 3 rings (SSSR count). The van der Waals surface area contributed by atoms with Gasteiger partial charge < -0.3 is 0 Å². The van der Waals surface area contributed by atoms with E-state index in [1.165, 1.54) is 5.56 Å². The van der Waals surface area contributed by atoms with E-state index < -0.39 is 12.6 Å². The first-order valence-electron chi connectivity index (χ1n) is 6.54. The van der Waals surface area contributed by atoms with Gasteiger partial charge in [0, 0.05) is 12.3 Å². The fraction of sp³-hybridized carbons (Fsp3) is 0.375. The third-order valence-electron chi connectivity index (χ3n) is 4.11. The number of rotatable bonds is 1. The van der Waals surface area contributed by atoms with Crippen molar-refractivity contribution in [2.45, 2.75) is 24.9 Å². The van der Waals surface area contributed by atoms with Gasteiger partial charge in [0.25, 0.3) is 0 Å². The van der Waals surface area contributed by atoms with Gasteiger partial charge in [-0.2, -0.15) is 13.2 Å². The van der Waals surface area contributed by atoms with Crippen molar-refractivity contribution in [2.24, 2.45) is 11.8 Å². The average molecular weight is 264 g/mol. The van der Waals surface area contributed by atoms with Crippen LogP contribution in [0.1, 0.15) is 23.5 Å². The first kappa shape index (κ1) is 12.5. The molecule has 0 N–H and O–H groups in total. The molecule has 2 aliphatic rings. The molecule has 0 bridgehead atoms. The van der Waals surface area contributed by atoms with E-state index >= 15 is 0 Å². The Kier molecular flexibility index (Phi) is 3.00. The fourth-order valence-electron chi connectivity index (χ4n) is 3.36. The van der Waals surface area contributed by atoms with Gasteiger partial charge in [0.05, 0.1) is 0 Å². The lowest BCUT2D eigenvalue weighted by molar-refractivity contribution is -0.147. The van der Waals surface area contributed by atoms with E-state index in [2.05, 4.69) is 0 Å². The maximum atomic E-state index is 12.7. The predicted octanol–water partition coefficient (Wildman–Crippen LogP) is 4.64. The molecule has 0 amide bonds. The van der Waals surface area contributed by atoms with E-state index in [0.29, 0.717) is 6.42 Å². The number of allylic oxidation sites excluding steroid dienone is 4. The molecule has 0 saturated heterocycles. The van der Waals surface area contributed by atoms with Crippen LogP contribution in [0.15, 0.2) is 48.6 Å². The smallest absolute Gasteiger partial charge is 0.171 e. The number of fused-ring (bicyclic) bond motifs is 3. The van der Waals surface area contributed by atoms with Gasteiger partial charge in [-0.25, -0.2) is 0 Å². The Balaban J connectivity index is 1.97. The van der Waals surface area contributed by atoms with Gasteiger partial charge in [-0.1, -0.05) is 48.6 Å². The Labute approximate surface area is 110 Å². The number of halogens is 3. The molecule has 1 aromatic rings. The highest BCUT2D eigenvalue weighted by Gasteiger charge is 2.40. The summed E-state index contributed by atoms with van der Waals surface area (Å²) in [6.07, 6.45) is 3.53. The van der Waals surface area contributed by atoms with Crippen molar-refractivity contribution in [2.75, 3.05) is 0 Å². The van der Waals surface area contributed by atoms with Crippen LogP contribution in [0.5, 0.6) is 0 Å². The molecule has 0 saturated carbocycles. The van der Waals surface area contributed by atoms with Crippen LogP contribution in [0, 0.1) is 11.8 Å². The van der Waals surface area contributed by atoms with Crippen LogP contribution in [0.4, 0.5) is 13.2 Å². The van der Waals surface area contributed by atoms with Crippen LogP contribution < -0.4 is 0 Å². The van der Waals surface area contributed by atoms with Crippen LogP contribution in [0.25, 0.3) is 0 Å². The van der Waals surface area contributed by atoms with E-state index in [4.69, 9.17) is 0 Å². The maximum Gasteiger partial charge on any atom is 0.389 e. The number of hydrogen-bond donors (Lipinski definition) is 0. The number of hydrogen-bond acceptors (Lipinski definition) is 0. The standard InChI is InChI=1S/C16H15F3/c17-16(18,19)10-12-9-11-5-1-2-6-13(11)15-8-4-3-7-14(12)15/h1-8,12,14-15H,9-10H2/t12-,14?,15?/m0/s1. The number of alkyl halides is 3. The molecule has 0 aliphatic heterocycles. The zero-order chi connectivity index (χ0) is 13.5. The summed E-state index contributed by atoms with van der Waals surface area (Å²) >= 11 is 0. The summed E-state index contributed by atoms with van der Waals surface area (Å²) in [6.45, 7) is 0. The summed E-state index contributed by atoms with van der Waals surface area (Å²) in [5.41, 5.74) is 2.25. The molecule has 19 heavy (non-hydrogen) atoms. The SMILES string of the molecule is FC(F)(F)C[C@@H]1Cc2ccccc2C2C=CC=CC21. The van der Waals surface area contributed by atoms with Gasteiger partial charge in [-0.3, -0.25) is 0 Å². The van der Waals surface area contributed by atoms with Crippen LogP contribution in [-0.2, 0) is 6.42 Å². The minimum absolute atomic E-state index is 0.0264. The summed E-state index contributed by atoms with van der Waals surface area (Å²) in [5.74, 6) is -0.273. The molecule has 100 valence electrons. The largest absolute Gasteiger partial charge is 0.389 e. The lowest BCUT2D eigenvalue weighted by Crippen LogP contribution is -2.32. The summed E-state index contributed by atoms with van der Waals surface area (Å²) in [4.78, 5) is 0. The Morgan fingerprint density at radius 2 is 1.79 bits per heavy atom. The van der Waals surface area contributed by atoms with Crippen molar-refractivity contribution in [3.63, 3.8) is 0 Å². The lowest BCUT2D eigenvalue weighted by Gasteiger charge is -2.38. The lowest BCUT2D eigenvalue weighted by atomic mass is 9.66. The minimum atomic E-state index is -4.09. The second-order valence-electron chi connectivity index (χ2n) is 5.36. The minimum Gasteiger partial charge on any atom is -0.171 e. The monoisotopic (exact) mass is 264 g/mol. The van der Waals surface area contributed by atoms with Crippen molar-refractivity contribution in [1.29, 1.82) is 0 Å². The highest BCUT2D eigenvalue weighted by molar-refractivity contribution is 5.40. The molecule has 0 fully saturated rings. The molecule has 2 unspecified atom stereocenters. The van der Waals surface area contributed by atoms with E-state index in [1.54, 1.807) is 0 Å². The summed E-state index contributed by atoms with van der Waals surface area (Å²) in [5, 5.41) is 0. The van der Waals surface area contributed by atoms with Crippen molar-refractivity contribution in [3.05, 3.63) is 59.7 Å². The molecule has 0 aromatic heterocycles. The zero-order valence-corrected chi connectivity index (χ0v) is 10.4. The first-order valence-corrected chi connectivity index (χ1v) is 6.54. The second kappa shape index (κ2) is 4.55. The molecule has 0 radical (unpaired) electrons. The molecule has 0 nitrogen and oxygen atoms in total. The molecule has 3 atom stereocenters. The Bertz CT molecular complexity index is 525. The third kappa shape index (κ3) is 2.46. The van der Waals surface area contributed by atoms with Gasteiger partial charge >= 0.3 is 6.18 Å². The van der Waals surface area contributed by atoms with Gasteiger partial charge in [-0.05, 0) is 29.4 Å². The second-order valence-corrected chi connectivity index (χ2v) is 5.36. The molecule has 3 heteroatoms. The van der Waals surface area contributed by atoms with Gasteiger partial charge in [0.2, 0.25) is 0 Å². The molecule has 1 aromatic carbocycles. The third-order valence-corrected chi connectivity index (χ3v) is 4.11. The Morgan fingerprint density at radius 3 is 2.58 bits per heavy atom. The Hall–Kier alpha value is -1.51. The normalized spacial score (nSPS) is 28.9. The molecule has 0 heterocycles. The zero-order valence-electron chi connectivity index (χ0n) is 10.4. The van der Waals surface area contributed by atoms with Crippen LogP contribution in [0.3, 0.4) is 0 Å². The van der Waals surface area contributed by atoms with E-state index in [-0.39, 0.29) is 17.8 Å². The predicted molar refractivity (Wildman–Crippen MR) is 68.8 cm³/mol. The van der Waals surface area contributed by atoms with Crippen LogP contribution in [0.2, 0.25) is 0 Å². The maximum absolute atomic E-state index is 12.7. The molecule has 0 spiro atoms. The van der Waals surface area contributed by atoms with Crippen LogP contribution in [-0.4, -0.2) is 6.18 Å². The van der Waals surface area contributed by atoms with Gasteiger partial charge in [0.1, 0.15) is 0 Å². The summed E-state index contributed by atoms with van der Waals surface area (Å²) in [6, 6.07) is 7.87. The highest BCUT2D eigenvalue weighted by Crippen LogP contribution is 2.46. The van der Waals surface area contributed by atoms with Crippen molar-refractivity contribution in [1.82, 2.24) is 0 Å². The summed E-state index contributed by atoms with van der Waals surface area (Å²) < 4.78 is 38.2. The van der Waals surface area contributed by atoms with E-state index in [9.17, 15) is 13.2 Å². The van der Waals surface area contributed by atoms with Crippen molar-refractivity contribution < 1.29 is 13.2 Å². The fourth-order valence-corrected chi connectivity index (χ4v) is 3.36. The van der Waals surface area contributed by atoms with Crippen LogP contribution >= 0.6 is 0 Å². The molecule has 2 aliphatic carbocycles. The first-order chi connectivity index (χ1) is 9.04. The van der Waals surface area contributed by atoms with Crippen molar-refractivity contribution >= 4 is 0 Å². The number of benzene rings is 1. The average Bonchev–Trinajstić information content (AvgIpc) is 2.37. The molecular weight excluding hydrogens is 249 g/mol. The topological polar surface area (TPSA) is 0 Å². The van der Waals surface area contributed by atoms with Gasteiger partial charge in [-0.15, -0.1) is 0 Å². The van der Waals surface area contributed by atoms with Gasteiger partial charge in [0.15, 0.2) is 0 Å².